The average molecular weight is 209 g/mol. The molecule has 2 rings (SSSR count). The standard InChI is InChI=1S/C12H19NO2/c1-9(14)6-13-7-10-4-2-3-5-12(15)11(10)8-13/h7-9,12,14-15H,2-6H2,1H3. The molecular weight excluding hydrogens is 190 g/mol. The van der Waals surface area contributed by atoms with Crippen molar-refractivity contribution >= 4 is 0 Å². The van der Waals surface area contributed by atoms with Crippen molar-refractivity contribution in [3.63, 3.8) is 0 Å². The molecule has 0 bridgehead atoms. The highest BCUT2D eigenvalue weighted by atomic mass is 16.3. The van der Waals surface area contributed by atoms with Crippen LogP contribution in [-0.4, -0.2) is 20.9 Å². The summed E-state index contributed by atoms with van der Waals surface area (Å²) in [6, 6.07) is 0. The molecule has 2 atom stereocenters. The van der Waals surface area contributed by atoms with Crippen molar-refractivity contribution in [2.75, 3.05) is 0 Å². The van der Waals surface area contributed by atoms with Crippen molar-refractivity contribution in [3.8, 4) is 0 Å². The molecule has 3 heteroatoms. The van der Waals surface area contributed by atoms with Crippen LogP contribution < -0.4 is 0 Å². The lowest BCUT2D eigenvalue weighted by Gasteiger charge is -2.07. The summed E-state index contributed by atoms with van der Waals surface area (Å²) in [6.45, 7) is 2.39. The lowest BCUT2D eigenvalue weighted by molar-refractivity contribution is 0.163. The van der Waals surface area contributed by atoms with Gasteiger partial charge in [-0.2, -0.15) is 0 Å². The van der Waals surface area contributed by atoms with Crippen LogP contribution in [0.1, 0.15) is 43.4 Å². The van der Waals surface area contributed by atoms with Crippen LogP contribution in [-0.2, 0) is 13.0 Å². The van der Waals surface area contributed by atoms with Gasteiger partial charge >= 0.3 is 0 Å². The highest BCUT2D eigenvalue weighted by molar-refractivity contribution is 5.28. The zero-order valence-electron chi connectivity index (χ0n) is 9.19. The van der Waals surface area contributed by atoms with Crippen LogP contribution in [0.2, 0.25) is 0 Å². The molecule has 1 aliphatic rings. The predicted molar refractivity (Wildman–Crippen MR) is 58.6 cm³/mol. The Hall–Kier alpha value is -0.800. The minimum Gasteiger partial charge on any atom is -0.392 e. The fourth-order valence-corrected chi connectivity index (χ4v) is 2.30. The normalized spacial score (nSPS) is 23.3. The quantitative estimate of drug-likeness (QED) is 0.727. The lowest BCUT2D eigenvalue weighted by atomic mass is 10.1. The van der Waals surface area contributed by atoms with Crippen LogP contribution in [0, 0.1) is 0 Å². The Morgan fingerprint density at radius 1 is 1.47 bits per heavy atom. The number of rotatable bonds is 2. The van der Waals surface area contributed by atoms with Crippen molar-refractivity contribution in [1.29, 1.82) is 0 Å². The van der Waals surface area contributed by atoms with Gasteiger partial charge < -0.3 is 14.8 Å². The number of aromatic nitrogens is 1. The molecule has 2 unspecified atom stereocenters. The van der Waals surface area contributed by atoms with E-state index in [1.54, 1.807) is 6.92 Å². The molecule has 0 radical (unpaired) electrons. The lowest BCUT2D eigenvalue weighted by Crippen LogP contribution is -2.10. The maximum Gasteiger partial charge on any atom is 0.0807 e. The third kappa shape index (κ3) is 2.41. The van der Waals surface area contributed by atoms with Gasteiger partial charge in [0.1, 0.15) is 0 Å². The molecule has 0 spiro atoms. The Labute approximate surface area is 90.4 Å². The van der Waals surface area contributed by atoms with Gasteiger partial charge in [-0.1, -0.05) is 6.42 Å². The van der Waals surface area contributed by atoms with E-state index in [0.717, 1.165) is 31.2 Å². The van der Waals surface area contributed by atoms with Crippen LogP contribution in [0.5, 0.6) is 0 Å². The van der Waals surface area contributed by atoms with Crippen molar-refractivity contribution in [2.24, 2.45) is 0 Å². The van der Waals surface area contributed by atoms with E-state index in [0.29, 0.717) is 6.54 Å². The summed E-state index contributed by atoms with van der Waals surface area (Å²) in [5.74, 6) is 0. The topological polar surface area (TPSA) is 45.4 Å². The molecule has 1 heterocycles. The van der Waals surface area contributed by atoms with Gasteiger partial charge in [-0.15, -0.1) is 0 Å². The zero-order valence-corrected chi connectivity index (χ0v) is 9.19. The highest BCUT2D eigenvalue weighted by Gasteiger charge is 2.18. The minimum absolute atomic E-state index is 0.308. The van der Waals surface area contributed by atoms with Crippen molar-refractivity contribution in [3.05, 3.63) is 23.5 Å². The van der Waals surface area contributed by atoms with E-state index in [4.69, 9.17) is 0 Å². The first kappa shape index (κ1) is 10.7. The van der Waals surface area contributed by atoms with E-state index in [2.05, 4.69) is 6.20 Å². The molecular formula is C12H19NO2. The first-order chi connectivity index (χ1) is 7.16. The number of fused-ring (bicyclic) bond motifs is 1. The summed E-state index contributed by atoms with van der Waals surface area (Å²) in [5.41, 5.74) is 2.31. The fraction of sp³-hybridized carbons (Fsp3) is 0.667. The molecule has 1 aromatic rings. The fourth-order valence-electron chi connectivity index (χ4n) is 2.30. The van der Waals surface area contributed by atoms with Gasteiger partial charge in [0.2, 0.25) is 0 Å². The monoisotopic (exact) mass is 209 g/mol. The molecule has 0 aliphatic heterocycles. The van der Waals surface area contributed by atoms with Gasteiger partial charge in [-0.3, -0.25) is 0 Å². The number of aliphatic hydroxyl groups is 2. The summed E-state index contributed by atoms with van der Waals surface area (Å²) < 4.78 is 1.99. The molecule has 0 saturated heterocycles. The summed E-state index contributed by atoms with van der Waals surface area (Å²) in [4.78, 5) is 0. The van der Waals surface area contributed by atoms with Gasteiger partial charge in [0.25, 0.3) is 0 Å². The third-order valence-corrected chi connectivity index (χ3v) is 3.01. The average Bonchev–Trinajstić information content (AvgIpc) is 2.47. The van der Waals surface area contributed by atoms with E-state index in [1.165, 1.54) is 5.56 Å². The second kappa shape index (κ2) is 4.37. The van der Waals surface area contributed by atoms with E-state index in [-0.39, 0.29) is 12.2 Å². The van der Waals surface area contributed by atoms with Crippen molar-refractivity contribution in [2.45, 2.75) is 51.4 Å². The summed E-state index contributed by atoms with van der Waals surface area (Å²) in [7, 11) is 0. The van der Waals surface area contributed by atoms with E-state index in [9.17, 15) is 10.2 Å². The highest BCUT2D eigenvalue weighted by Crippen LogP contribution is 2.29. The Balaban J connectivity index is 2.21. The van der Waals surface area contributed by atoms with Gasteiger partial charge in [0.05, 0.1) is 12.2 Å². The maximum absolute atomic E-state index is 9.91. The first-order valence-electron chi connectivity index (χ1n) is 5.71. The van der Waals surface area contributed by atoms with Gasteiger partial charge in [0.15, 0.2) is 0 Å². The third-order valence-electron chi connectivity index (χ3n) is 3.01. The number of aryl methyl sites for hydroxylation is 1. The van der Waals surface area contributed by atoms with E-state index < -0.39 is 0 Å². The minimum atomic E-state index is -0.335. The Kier molecular flexibility index (Phi) is 3.12. The Morgan fingerprint density at radius 3 is 3.00 bits per heavy atom. The Morgan fingerprint density at radius 2 is 2.27 bits per heavy atom. The number of hydrogen-bond acceptors (Lipinski definition) is 2. The van der Waals surface area contributed by atoms with E-state index in [1.807, 2.05) is 10.8 Å². The zero-order chi connectivity index (χ0) is 10.8. The van der Waals surface area contributed by atoms with Crippen LogP contribution >= 0.6 is 0 Å². The molecule has 1 aliphatic carbocycles. The second-order valence-electron chi connectivity index (χ2n) is 4.55. The molecule has 1 aromatic heterocycles. The van der Waals surface area contributed by atoms with Gasteiger partial charge in [0, 0.05) is 24.5 Å². The van der Waals surface area contributed by atoms with Crippen LogP contribution in [0.3, 0.4) is 0 Å². The summed E-state index contributed by atoms with van der Waals surface area (Å²) in [5, 5.41) is 19.2. The molecule has 2 N–H and O–H groups in total. The predicted octanol–water partition coefficient (Wildman–Crippen LogP) is 1.63. The summed E-state index contributed by atoms with van der Waals surface area (Å²) in [6.07, 6.45) is 7.59. The molecule has 0 saturated carbocycles. The van der Waals surface area contributed by atoms with Crippen LogP contribution in [0.15, 0.2) is 12.4 Å². The molecule has 0 amide bonds. The summed E-state index contributed by atoms with van der Waals surface area (Å²) >= 11 is 0. The van der Waals surface area contributed by atoms with Gasteiger partial charge in [-0.25, -0.2) is 0 Å². The van der Waals surface area contributed by atoms with Gasteiger partial charge in [-0.05, 0) is 31.7 Å². The number of aliphatic hydroxyl groups excluding tert-OH is 2. The number of nitrogens with zero attached hydrogens (tertiary/aromatic N) is 1. The Bertz CT molecular complexity index is 330. The SMILES string of the molecule is CC(O)Cn1cc2c(c1)C(O)CCCC2. The molecule has 84 valence electrons. The van der Waals surface area contributed by atoms with E-state index >= 15 is 0 Å². The molecule has 0 fully saturated rings. The smallest absolute Gasteiger partial charge is 0.0807 e. The molecule has 0 aromatic carbocycles. The largest absolute Gasteiger partial charge is 0.392 e. The first-order valence-corrected chi connectivity index (χ1v) is 5.71. The number of hydrogen-bond donors (Lipinski definition) is 2. The second-order valence-corrected chi connectivity index (χ2v) is 4.55. The van der Waals surface area contributed by atoms with Crippen LogP contribution in [0.4, 0.5) is 0 Å². The van der Waals surface area contributed by atoms with Crippen molar-refractivity contribution < 1.29 is 10.2 Å². The molecule has 3 nitrogen and oxygen atoms in total. The van der Waals surface area contributed by atoms with Crippen molar-refractivity contribution in [1.82, 2.24) is 4.57 Å². The maximum atomic E-state index is 9.91. The molecule has 15 heavy (non-hydrogen) atoms. The van der Waals surface area contributed by atoms with Crippen LogP contribution in [0.25, 0.3) is 0 Å².